The summed E-state index contributed by atoms with van der Waals surface area (Å²) in [5, 5.41) is 21.7. The molecule has 4 N–H and O–H groups in total. The van der Waals surface area contributed by atoms with Gasteiger partial charge in [0.25, 0.3) is 11.8 Å². The molecule has 2 aliphatic rings. The third-order valence-electron chi connectivity index (χ3n) is 10.3. The number of aromatic amines is 1. The zero-order valence-electron chi connectivity index (χ0n) is 29.1. The van der Waals surface area contributed by atoms with Crippen molar-refractivity contribution in [2.45, 2.75) is 25.4 Å². The number of hydrogen-bond donors (Lipinski definition) is 3. The van der Waals surface area contributed by atoms with Crippen molar-refractivity contribution in [3.05, 3.63) is 155 Å². The Morgan fingerprint density at radius 2 is 1.72 bits per heavy atom. The van der Waals surface area contributed by atoms with E-state index in [2.05, 4.69) is 27.4 Å². The summed E-state index contributed by atoms with van der Waals surface area (Å²) in [7, 11) is 0. The summed E-state index contributed by atoms with van der Waals surface area (Å²) in [6, 6.07) is 36.4. The number of nitrogens with two attached hydrogens (primary N) is 1. The molecule has 7 aromatic rings. The van der Waals surface area contributed by atoms with Gasteiger partial charge in [0.2, 0.25) is 0 Å². The van der Waals surface area contributed by atoms with Gasteiger partial charge in [-0.05, 0) is 66.4 Å². The number of aromatic nitrogens is 3. The Balaban J connectivity index is 0.861. The Hall–Kier alpha value is -7.01. The molecule has 266 valence electrons. The van der Waals surface area contributed by atoms with Crippen molar-refractivity contribution in [2.24, 2.45) is 15.9 Å². The van der Waals surface area contributed by atoms with Crippen LogP contribution in [0.3, 0.4) is 0 Å². The van der Waals surface area contributed by atoms with E-state index in [4.69, 9.17) is 15.6 Å². The predicted octanol–water partition coefficient (Wildman–Crippen LogP) is 7.39. The van der Waals surface area contributed by atoms with Gasteiger partial charge in [0.05, 0.1) is 22.5 Å². The van der Waals surface area contributed by atoms with E-state index in [1.165, 1.54) is 0 Å². The molecule has 0 spiro atoms. The monoisotopic (exact) mass is 713 g/mol. The Bertz CT molecular complexity index is 2640. The van der Waals surface area contributed by atoms with Gasteiger partial charge in [0.15, 0.2) is 5.88 Å². The number of carbonyl (C=O) groups is 2. The largest absolute Gasteiger partial charge is 0.494 e. The lowest BCUT2D eigenvalue weighted by atomic mass is 9.90. The van der Waals surface area contributed by atoms with Crippen LogP contribution < -0.4 is 5.73 Å². The van der Waals surface area contributed by atoms with Crippen LogP contribution in [0.5, 0.6) is 5.88 Å². The molecule has 1 saturated heterocycles. The van der Waals surface area contributed by atoms with Crippen LogP contribution in [0.2, 0.25) is 0 Å². The molecule has 1 atom stereocenters. The number of oxime groups is 1. The average Bonchev–Trinajstić information content (AvgIpc) is 3.90. The van der Waals surface area contributed by atoms with Crippen molar-refractivity contribution >= 4 is 50.7 Å². The number of amides is 2. The van der Waals surface area contributed by atoms with Crippen molar-refractivity contribution in [2.75, 3.05) is 13.1 Å². The smallest absolute Gasteiger partial charge is 0.253 e. The molecule has 0 radical (unpaired) electrons. The van der Waals surface area contributed by atoms with E-state index in [9.17, 15) is 14.7 Å². The Morgan fingerprint density at radius 3 is 2.56 bits per heavy atom. The second-order valence-corrected chi connectivity index (χ2v) is 13.6. The molecule has 0 saturated carbocycles. The lowest BCUT2D eigenvalue weighted by molar-refractivity contribution is 0.0706. The second kappa shape index (κ2) is 13.5. The predicted molar refractivity (Wildman–Crippen MR) is 208 cm³/mol. The molecule has 1 fully saturated rings. The SMILES string of the molecule is NC(=O)c1cccc2cn(-c3ccc([C@@H]4CCCN(C(=O)c5ccc(CO/N=C6/C(c7c(O)[nH]c8ccccc78)=Nc7ccccc76)cc5)C4)cc3)nc12. The van der Waals surface area contributed by atoms with E-state index in [1.54, 1.807) is 16.8 Å². The van der Waals surface area contributed by atoms with Crippen LogP contribution in [0.15, 0.2) is 132 Å². The number of aliphatic imine (C=N–C) groups is 1. The fraction of sp³-hybridized carbons (Fsp3) is 0.140. The van der Waals surface area contributed by atoms with Gasteiger partial charge in [-0.2, -0.15) is 5.10 Å². The van der Waals surface area contributed by atoms with E-state index >= 15 is 0 Å². The molecule has 54 heavy (non-hydrogen) atoms. The van der Waals surface area contributed by atoms with Crippen molar-refractivity contribution in [1.82, 2.24) is 19.7 Å². The van der Waals surface area contributed by atoms with E-state index in [0.29, 0.717) is 46.7 Å². The number of hydrogen-bond acceptors (Lipinski definition) is 7. The first-order valence-electron chi connectivity index (χ1n) is 17.9. The van der Waals surface area contributed by atoms with Gasteiger partial charge in [-0.3, -0.25) is 9.59 Å². The molecule has 9 rings (SSSR count). The Kier molecular flexibility index (Phi) is 8.23. The molecule has 2 aliphatic heterocycles. The van der Waals surface area contributed by atoms with E-state index in [-0.39, 0.29) is 24.3 Å². The molecular weight excluding hydrogens is 679 g/mol. The fourth-order valence-corrected chi connectivity index (χ4v) is 7.51. The molecule has 11 heteroatoms. The summed E-state index contributed by atoms with van der Waals surface area (Å²) in [5.41, 5.74) is 14.1. The molecule has 0 unspecified atom stereocenters. The average molecular weight is 714 g/mol. The number of para-hydroxylation sites is 2. The maximum atomic E-state index is 13.7. The third kappa shape index (κ3) is 5.95. The highest BCUT2D eigenvalue weighted by Crippen LogP contribution is 2.36. The van der Waals surface area contributed by atoms with Crippen LogP contribution in [-0.2, 0) is 11.4 Å². The number of carbonyl (C=O) groups excluding carboxylic acids is 2. The molecule has 0 bridgehead atoms. The lowest BCUT2D eigenvalue weighted by Gasteiger charge is -2.33. The number of H-pyrrole nitrogens is 1. The van der Waals surface area contributed by atoms with E-state index in [1.807, 2.05) is 102 Å². The molecule has 11 nitrogen and oxygen atoms in total. The van der Waals surface area contributed by atoms with Crippen LogP contribution in [-0.4, -0.2) is 61.1 Å². The van der Waals surface area contributed by atoms with Crippen LogP contribution in [0.1, 0.15) is 61.7 Å². The maximum absolute atomic E-state index is 13.7. The zero-order chi connectivity index (χ0) is 36.8. The molecular formula is C43H35N7O4. The number of rotatable bonds is 8. The highest BCUT2D eigenvalue weighted by Gasteiger charge is 2.29. The molecule has 5 aromatic carbocycles. The van der Waals surface area contributed by atoms with Gasteiger partial charge in [-0.25, -0.2) is 9.67 Å². The summed E-state index contributed by atoms with van der Waals surface area (Å²) >= 11 is 0. The fourth-order valence-electron chi connectivity index (χ4n) is 7.51. The van der Waals surface area contributed by atoms with Crippen molar-refractivity contribution in [1.29, 1.82) is 0 Å². The molecule has 0 aliphatic carbocycles. The minimum atomic E-state index is -0.505. The van der Waals surface area contributed by atoms with Gasteiger partial charge < -0.3 is 25.6 Å². The first-order chi connectivity index (χ1) is 26.4. The number of benzene rings is 5. The number of nitrogens with one attached hydrogen (secondary N) is 1. The number of likely N-dealkylation sites (tertiary alicyclic amines) is 1. The second-order valence-electron chi connectivity index (χ2n) is 13.6. The summed E-state index contributed by atoms with van der Waals surface area (Å²) in [5.74, 6) is -0.272. The third-order valence-corrected chi connectivity index (χ3v) is 10.3. The molecule has 2 amide bonds. The molecule has 4 heterocycles. The zero-order valence-corrected chi connectivity index (χ0v) is 29.1. The Labute approximate surface area is 310 Å². The lowest BCUT2D eigenvalue weighted by Crippen LogP contribution is -2.39. The minimum Gasteiger partial charge on any atom is -0.494 e. The van der Waals surface area contributed by atoms with Gasteiger partial charge in [-0.15, -0.1) is 0 Å². The quantitative estimate of drug-likeness (QED) is 0.140. The number of nitrogens with zero attached hydrogens (tertiary/aromatic N) is 5. The van der Waals surface area contributed by atoms with Crippen molar-refractivity contribution < 1.29 is 19.5 Å². The summed E-state index contributed by atoms with van der Waals surface area (Å²) in [6.45, 7) is 1.52. The molecule has 2 aromatic heterocycles. The topological polar surface area (TPSA) is 151 Å². The van der Waals surface area contributed by atoms with Crippen molar-refractivity contribution in [3.8, 4) is 11.6 Å². The Morgan fingerprint density at radius 1 is 0.926 bits per heavy atom. The van der Waals surface area contributed by atoms with Crippen LogP contribution in [0.4, 0.5) is 5.69 Å². The standard InChI is InChI=1S/C43H35N7O4/c44-41(51)34-11-5-7-30-24-50(47-38(30)34)31-20-18-27(19-21-31)29-8-6-22-49(23-29)43(53)28-16-14-26(15-17-28)25-54-48-39-33-10-2-4-13-36(33)45-40(39)37-32-9-1-3-12-35(32)46-42(37)52/h1-5,7,9-21,24,29,46,52H,6,8,22-23,25H2,(H2,44,51)/b48-39+/t29-/m1/s1. The van der Waals surface area contributed by atoms with Crippen LogP contribution >= 0.6 is 0 Å². The van der Waals surface area contributed by atoms with Gasteiger partial charge in [0.1, 0.15) is 23.5 Å². The highest BCUT2D eigenvalue weighted by molar-refractivity contribution is 6.58. The van der Waals surface area contributed by atoms with Crippen molar-refractivity contribution in [3.63, 3.8) is 0 Å². The summed E-state index contributed by atoms with van der Waals surface area (Å²) in [6.07, 6.45) is 3.79. The summed E-state index contributed by atoms with van der Waals surface area (Å²) < 4.78 is 1.76. The van der Waals surface area contributed by atoms with Gasteiger partial charge in [-0.1, -0.05) is 78.0 Å². The normalized spacial score (nSPS) is 16.1. The first-order valence-corrected chi connectivity index (χ1v) is 17.9. The number of aromatic hydroxyl groups is 1. The van der Waals surface area contributed by atoms with Gasteiger partial charge in [0, 0.05) is 52.6 Å². The number of fused-ring (bicyclic) bond motifs is 3. The maximum Gasteiger partial charge on any atom is 0.253 e. The number of primary amides is 1. The highest BCUT2D eigenvalue weighted by atomic mass is 16.6. The van der Waals surface area contributed by atoms with Crippen LogP contribution in [0.25, 0.3) is 27.5 Å². The number of piperidine rings is 1. The van der Waals surface area contributed by atoms with Crippen LogP contribution in [0, 0.1) is 0 Å². The van der Waals surface area contributed by atoms with E-state index < -0.39 is 5.91 Å². The van der Waals surface area contributed by atoms with Gasteiger partial charge >= 0.3 is 0 Å². The van der Waals surface area contributed by atoms with E-state index in [0.717, 1.165) is 57.2 Å². The summed E-state index contributed by atoms with van der Waals surface area (Å²) in [4.78, 5) is 41.2. The first kappa shape index (κ1) is 32.9. The minimum absolute atomic E-state index is 0.000490.